The topological polar surface area (TPSA) is 46.5 Å². The third kappa shape index (κ3) is 3.95. The van der Waals surface area contributed by atoms with Crippen LogP contribution < -0.4 is 0 Å². The van der Waals surface area contributed by atoms with Gasteiger partial charge in [0.05, 0.1) is 22.8 Å². The number of allylic oxidation sites excluding steroid dienone is 1. The Morgan fingerprint density at radius 2 is 1.65 bits per heavy atom. The van der Waals surface area contributed by atoms with Gasteiger partial charge in [0.1, 0.15) is 0 Å². The molecule has 0 aromatic heterocycles. The quantitative estimate of drug-likeness (QED) is 0.759. The first-order chi connectivity index (χ1) is 12.2. The largest absolute Gasteiger partial charge is 0.280 e. The summed E-state index contributed by atoms with van der Waals surface area (Å²) in [6, 6.07) is 10.4. The van der Waals surface area contributed by atoms with Crippen LogP contribution in [0.4, 0.5) is 0 Å². The first-order valence-electron chi connectivity index (χ1n) is 9.71. The second-order valence-electron chi connectivity index (χ2n) is 8.79. The third-order valence-electron chi connectivity index (χ3n) is 6.02. The fourth-order valence-electron chi connectivity index (χ4n) is 4.13. The van der Waals surface area contributed by atoms with Gasteiger partial charge in [-0.25, -0.2) is 8.42 Å². The molecule has 1 aliphatic heterocycles. The molecule has 1 heterocycles. The number of benzene rings is 1. The molecule has 2 aliphatic rings. The number of aliphatic imine (C=N–C) groups is 1. The van der Waals surface area contributed by atoms with Crippen molar-refractivity contribution in [2.24, 2.45) is 16.8 Å². The molecule has 26 heavy (non-hydrogen) atoms. The monoisotopic (exact) mass is 373 g/mol. The van der Waals surface area contributed by atoms with Gasteiger partial charge in [-0.3, -0.25) is 4.99 Å². The van der Waals surface area contributed by atoms with E-state index in [0.29, 0.717) is 17.6 Å². The summed E-state index contributed by atoms with van der Waals surface area (Å²) in [5, 5.41) is 0. The molecule has 0 atom stereocenters. The Hall–Kier alpha value is -1.42. The summed E-state index contributed by atoms with van der Waals surface area (Å²) in [6.07, 6.45) is 4.21. The van der Waals surface area contributed by atoms with E-state index in [1.807, 2.05) is 26.8 Å². The Bertz CT molecular complexity index is 805. The van der Waals surface area contributed by atoms with E-state index in [1.54, 1.807) is 0 Å². The van der Waals surface area contributed by atoms with Gasteiger partial charge in [-0.1, -0.05) is 30.3 Å². The molecule has 3 rings (SSSR count). The predicted octanol–water partition coefficient (Wildman–Crippen LogP) is 4.83. The van der Waals surface area contributed by atoms with Crippen molar-refractivity contribution >= 4 is 15.5 Å². The summed E-state index contributed by atoms with van der Waals surface area (Å²) in [4.78, 5) is 4.80. The molecule has 4 heteroatoms. The molecule has 1 saturated carbocycles. The number of hydrogen-bond donors (Lipinski definition) is 0. The van der Waals surface area contributed by atoms with E-state index in [9.17, 15) is 8.42 Å². The summed E-state index contributed by atoms with van der Waals surface area (Å²) < 4.78 is 24.3. The average Bonchev–Trinajstić information content (AvgIpc) is 2.96. The molecular weight excluding hydrogens is 342 g/mol. The van der Waals surface area contributed by atoms with E-state index >= 15 is 0 Å². The molecular formula is C22H31NO2S. The summed E-state index contributed by atoms with van der Waals surface area (Å²) >= 11 is 0. The minimum atomic E-state index is -3.02. The molecule has 0 unspecified atom stereocenters. The second-order valence-corrected chi connectivity index (χ2v) is 11.6. The molecule has 3 nitrogen and oxygen atoms in total. The Morgan fingerprint density at radius 3 is 2.23 bits per heavy atom. The van der Waals surface area contributed by atoms with Crippen molar-refractivity contribution in [1.29, 1.82) is 0 Å². The van der Waals surface area contributed by atoms with Crippen LogP contribution in [0.1, 0.15) is 58.9 Å². The summed E-state index contributed by atoms with van der Waals surface area (Å²) in [6.45, 7) is 8.44. The molecule has 142 valence electrons. The highest BCUT2D eigenvalue weighted by Crippen LogP contribution is 2.38. The van der Waals surface area contributed by atoms with E-state index in [2.05, 4.69) is 31.2 Å². The lowest BCUT2D eigenvalue weighted by atomic mass is 9.78. The van der Waals surface area contributed by atoms with Gasteiger partial charge in [0.25, 0.3) is 0 Å². The Balaban J connectivity index is 1.63. The Kier molecular flexibility index (Phi) is 5.43. The average molecular weight is 374 g/mol. The lowest BCUT2D eigenvalue weighted by molar-refractivity contribution is 0.318. The molecule has 0 spiro atoms. The molecule has 1 fully saturated rings. The van der Waals surface area contributed by atoms with Crippen LogP contribution >= 0.6 is 0 Å². The van der Waals surface area contributed by atoms with Gasteiger partial charge in [0, 0.05) is 0 Å². The molecule has 0 radical (unpaired) electrons. The normalized spacial score (nSPS) is 24.7. The summed E-state index contributed by atoms with van der Waals surface area (Å²) in [7, 11) is -3.02. The van der Waals surface area contributed by atoms with Gasteiger partial charge in [-0.15, -0.1) is 0 Å². The number of nitrogens with zero attached hydrogens (tertiary/aromatic N) is 1. The van der Waals surface area contributed by atoms with E-state index in [1.165, 1.54) is 16.7 Å². The first kappa shape index (κ1) is 19.3. The molecule has 1 aromatic carbocycles. The van der Waals surface area contributed by atoms with Crippen LogP contribution in [-0.4, -0.2) is 31.2 Å². The van der Waals surface area contributed by atoms with E-state index < -0.39 is 14.6 Å². The van der Waals surface area contributed by atoms with Crippen LogP contribution in [0.15, 0.2) is 46.5 Å². The van der Waals surface area contributed by atoms with Crippen molar-refractivity contribution in [3.63, 3.8) is 0 Å². The maximum absolute atomic E-state index is 12.5. The highest BCUT2D eigenvalue weighted by Gasteiger charge is 2.34. The van der Waals surface area contributed by atoms with Crippen LogP contribution in [-0.2, 0) is 9.84 Å². The zero-order chi connectivity index (χ0) is 18.9. The SMILES string of the molecule is CC1=C(C2CCC(CS(=O)(=O)C(C)(C)C)CC2)CN=C1c1ccccc1. The van der Waals surface area contributed by atoms with Gasteiger partial charge in [0.2, 0.25) is 0 Å². The van der Waals surface area contributed by atoms with Gasteiger partial charge in [0.15, 0.2) is 9.84 Å². The first-order valence-corrected chi connectivity index (χ1v) is 11.4. The van der Waals surface area contributed by atoms with Crippen LogP contribution in [0, 0.1) is 11.8 Å². The van der Waals surface area contributed by atoms with Gasteiger partial charge in [-0.2, -0.15) is 0 Å². The van der Waals surface area contributed by atoms with Gasteiger partial charge >= 0.3 is 0 Å². The standard InChI is InChI=1S/C22H31NO2S/c1-16-20(14-23-21(16)19-8-6-5-7-9-19)18-12-10-17(11-13-18)15-26(24,25)22(2,3)4/h5-9,17-18H,10-15H2,1-4H3. The summed E-state index contributed by atoms with van der Waals surface area (Å²) in [5.74, 6) is 1.22. The van der Waals surface area contributed by atoms with E-state index in [0.717, 1.165) is 37.9 Å². The Morgan fingerprint density at radius 1 is 1.04 bits per heavy atom. The highest BCUT2D eigenvalue weighted by atomic mass is 32.2. The zero-order valence-electron chi connectivity index (χ0n) is 16.5. The van der Waals surface area contributed by atoms with Crippen molar-refractivity contribution in [3.8, 4) is 0 Å². The van der Waals surface area contributed by atoms with Crippen LogP contribution in [0.3, 0.4) is 0 Å². The number of sulfone groups is 1. The lowest BCUT2D eigenvalue weighted by Crippen LogP contribution is -2.34. The molecule has 0 amide bonds. The fourth-order valence-corrected chi connectivity index (χ4v) is 5.58. The minimum Gasteiger partial charge on any atom is -0.280 e. The second kappa shape index (κ2) is 7.30. The maximum atomic E-state index is 12.5. The van der Waals surface area contributed by atoms with E-state index in [-0.39, 0.29) is 0 Å². The number of hydrogen-bond acceptors (Lipinski definition) is 3. The van der Waals surface area contributed by atoms with Crippen LogP contribution in [0.2, 0.25) is 0 Å². The third-order valence-corrected chi connectivity index (χ3v) is 8.80. The fraction of sp³-hybridized carbons (Fsp3) is 0.591. The molecule has 0 N–H and O–H groups in total. The number of rotatable bonds is 4. The van der Waals surface area contributed by atoms with Crippen molar-refractivity contribution in [3.05, 3.63) is 47.0 Å². The van der Waals surface area contributed by atoms with Crippen molar-refractivity contribution in [2.75, 3.05) is 12.3 Å². The van der Waals surface area contributed by atoms with Crippen molar-refractivity contribution < 1.29 is 8.42 Å². The predicted molar refractivity (Wildman–Crippen MR) is 110 cm³/mol. The van der Waals surface area contributed by atoms with E-state index in [4.69, 9.17) is 4.99 Å². The van der Waals surface area contributed by atoms with Gasteiger partial charge < -0.3 is 0 Å². The molecule has 0 bridgehead atoms. The van der Waals surface area contributed by atoms with Crippen molar-refractivity contribution in [2.45, 2.75) is 58.1 Å². The maximum Gasteiger partial charge on any atom is 0.155 e. The lowest BCUT2D eigenvalue weighted by Gasteiger charge is -2.31. The summed E-state index contributed by atoms with van der Waals surface area (Å²) in [5.41, 5.74) is 5.14. The minimum absolute atomic E-state index is 0.312. The zero-order valence-corrected chi connectivity index (χ0v) is 17.3. The molecule has 0 saturated heterocycles. The van der Waals surface area contributed by atoms with Crippen LogP contribution in [0.5, 0.6) is 0 Å². The highest BCUT2D eigenvalue weighted by molar-refractivity contribution is 7.92. The molecule has 1 aliphatic carbocycles. The smallest absolute Gasteiger partial charge is 0.155 e. The van der Waals surface area contributed by atoms with Crippen molar-refractivity contribution in [1.82, 2.24) is 0 Å². The van der Waals surface area contributed by atoms with Gasteiger partial charge in [-0.05, 0) is 81.9 Å². The Labute approximate surface area is 158 Å². The molecule has 1 aromatic rings. The van der Waals surface area contributed by atoms with Crippen LogP contribution in [0.25, 0.3) is 0 Å².